The first-order chi connectivity index (χ1) is 42.7. The lowest BCUT2D eigenvalue weighted by molar-refractivity contribution is 1.09. The van der Waals surface area contributed by atoms with Crippen molar-refractivity contribution in [3.63, 3.8) is 0 Å². The molecule has 86 heavy (non-hydrogen) atoms. The van der Waals surface area contributed by atoms with Gasteiger partial charge in [-0.15, -0.1) is 17.8 Å². The number of hydrogen-bond acceptors (Lipinski definition) is 3. The molecule has 0 fully saturated rings. The number of nitrogens with zero attached hydrogens (tertiary/aromatic N) is 4. The summed E-state index contributed by atoms with van der Waals surface area (Å²) < 4.78 is 7.31. The summed E-state index contributed by atoms with van der Waals surface area (Å²) in [6.07, 6.45) is 8.58. The van der Waals surface area contributed by atoms with Gasteiger partial charge in [0.25, 0.3) is 0 Å². The number of para-hydroxylation sites is 3. The topological polar surface area (TPSA) is 35.6 Å². The molecule has 384 valence electrons. The van der Waals surface area contributed by atoms with Crippen LogP contribution in [0.2, 0.25) is 0 Å². The highest BCUT2D eigenvalue weighted by Crippen LogP contribution is 2.39. The lowest BCUT2D eigenvalue weighted by atomic mass is 10.0. The Labute approximate surface area is 504 Å². The fourth-order valence-electron chi connectivity index (χ4n) is 8.87. The normalized spacial score (nSPS) is 8.74. The third kappa shape index (κ3) is 13.9. The summed E-state index contributed by atoms with van der Waals surface area (Å²) in [5.74, 6) is 77.8. The summed E-state index contributed by atoms with van der Waals surface area (Å²) in [5, 5.41) is 5.14. The molecule has 11 rings (SSSR count). The monoisotopic (exact) mass is 1090 g/mol. The van der Waals surface area contributed by atoms with Crippen molar-refractivity contribution in [1.29, 1.82) is 0 Å². The van der Waals surface area contributed by atoms with E-state index < -0.39 is 0 Å². The van der Waals surface area contributed by atoms with Gasteiger partial charge in [-0.1, -0.05) is 90.8 Å². The second-order valence-electron chi connectivity index (χ2n) is 17.5. The Kier molecular flexibility index (Phi) is 18.6. The van der Waals surface area contributed by atoms with Gasteiger partial charge in [-0.3, -0.25) is 9.55 Å². The van der Waals surface area contributed by atoms with Crippen molar-refractivity contribution in [1.82, 2.24) is 19.1 Å². The standard InChI is InChI=1S/C48H30N4S.C33H4/c1-4-10-43-38(7-1)40-29-34(35-18-24-47-41(30-35)39-8-2-6-12-46(39)53-47)17-23-44(40)51(43)36-19-21-37(22-20-36)52-45-11-5-3-9-42(45)50-48(52)33-15-13-31(14-16-33)32-25-27-49-28-26-32;1-3-5-7-9-11-13-15-17-19-21-23-25-27-29-31-33-32-30-28-26-24-22-20-18-16-14-12-10-8-6-4-2/h1-30H;1H,2H3. The maximum absolute atomic E-state index is 5.13. The van der Waals surface area contributed by atoms with Crippen molar-refractivity contribution in [3.8, 4) is 235 Å². The van der Waals surface area contributed by atoms with E-state index in [-0.39, 0.29) is 0 Å². The van der Waals surface area contributed by atoms with Gasteiger partial charge in [0.1, 0.15) is 5.82 Å². The highest BCUT2D eigenvalue weighted by Gasteiger charge is 2.17. The van der Waals surface area contributed by atoms with E-state index in [0.717, 1.165) is 44.9 Å². The van der Waals surface area contributed by atoms with Crippen LogP contribution >= 0.6 is 11.3 Å². The smallest absolute Gasteiger partial charge is 0.145 e. The minimum Gasteiger partial charge on any atom is -0.309 e. The van der Waals surface area contributed by atoms with Gasteiger partial charge < -0.3 is 4.57 Å². The molecule has 4 heterocycles. The fourth-order valence-corrected chi connectivity index (χ4v) is 9.95. The molecular formula is C81H34N4S. The summed E-state index contributed by atoms with van der Waals surface area (Å²) in [4.78, 5) is 9.30. The molecule has 0 saturated heterocycles. The van der Waals surface area contributed by atoms with Crippen LogP contribution in [0.5, 0.6) is 0 Å². The Bertz CT molecular complexity index is 5630. The van der Waals surface area contributed by atoms with Crippen LogP contribution in [0.1, 0.15) is 6.92 Å². The average molecular weight is 1100 g/mol. The maximum atomic E-state index is 5.13. The minimum atomic E-state index is 0.915. The van der Waals surface area contributed by atoms with E-state index in [9.17, 15) is 0 Å². The van der Waals surface area contributed by atoms with Gasteiger partial charge in [0, 0.05) is 143 Å². The molecule has 0 N–H and O–H groups in total. The second kappa shape index (κ2) is 28.9. The van der Waals surface area contributed by atoms with E-state index in [1.807, 2.05) is 35.9 Å². The molecule has 11 aromatic rings. The first-order valence-corrected chi connectivity index (χ1v) is 26.9. The van der Waals surface area contributed by atoms with Crippen molar-refractivity contribution < 1.29 is 0 Å². The zero-order chi connectivity index (χ0) is 58.8. The summed E-state index contributed by atoms with van der Waals surface area (Å²) in [7, 11) is 0. The molecule has 0 aliphatic carbocycles. The van der Waals surface area contributed by atoms with Crippen molar-refractivity contribution in [3.05, 3.63) is 182 Å². The van der Waals surface area contributed by atoms with E-state index in [4.69, 9.17) is 11.4 Å². The van der Waals surface area contributed by atoms with Gasteiger partial charge in [-0.05, 0) is 209 Å². The minimum absolute atomic E-state index is 0.915. The molecule has 0 amide bonds. The Morgan fingerprint density at radius 1 is 0.326 bits per heavy atom. The first-order valence-electron chi connectivity index (χ1n) is 26.1. The number of benzene rings is 7. The molecule has 0 bridgehead atoms. The van der Waals surface area contributed by atoms with Gasteiger partial charge in [0.05, 0.1) is 22.1 Å². The Balaban J connectivity index is 0.000000217. The SMILES string of the molecule is C#CC#CC#CC#CC#CC#CC#CC#CC#CC#CC#CC#CC#CC#CC#CC#CC.c1ccc2c(c1)nc(-c1ccc(-c3ccncc3)cc1)n2-c1ccc(-n2c3ccccc3c3cc(-c4ccc5sc6ccccc6c5c4)ccc32)cc1. The van der Waals surface area contributed by atoms with E-state index in [1.165, 1.54) is 53.1 Å². The molecule has 0 radical (unpaired) electrons. The van der Waals surface area contributed by atoms with Crippen LogP contribution in [-0.2, 0) is 0 Å². The van der Waals surface area contributed by atoms with Crippen molar-refractivity contribution >= 4 is 64.3 Å². The molecular weight excluding hydrogens is 1060 g/mol. The zero-order valence-electron chi connectivity index (χ0n) is 45.6. The average Bonchev–Trinajstić information content (AvgIpc) is 2.66. The lowest BCUT2D eigenvalue weighted by Crippen LogP contribution is -1.99. The van der Waals surface area contributed by atoms with E-state index >= 15 is 0 Å². The Morgan fingerprint density at radius 2 is 0.733 bits per heavy atom. The summed E-state index contributed by atoms with van der Waals surface area (Å²) in [5.41, 5.74) is 12.4. The van der Waals surface area contributed by atoms with Crippen molar-refractivity contribution in [2.75, 3.05) is 0 Å². The first kappa shape index (κ1) is 55.5. The van der Waals surface area contributed by atoms with Crippen LogP contribution in [0.25, 0.3) is 98.0 Å². The summed E-state index contributed by atoms with van der Waals surface area (Å²) >= 11 is 1.86. The predicted molar refractivity (Wildman–Crippen MR) is 354 cm³/mol. The van der Waals surface area contributed by atoms with Gasteiger partial charge in [-0.2, -0.15) is 0 Å². The number of fused-ring (bicyclic) bond motifs is 7. The van der Waals surface area contributed by atoms with Crippen LogP contribution in [0.15, 0.2) is 182 Å². The highest BCUT2D eigenvalue weighted by molar-refractivity contribution is 7.25. The number of terminal acetylenes is 1. The molecule has 4 nitrogen and oxygen atoms in total. The number of imidazole rings is 1. The predicted octanol–water partition coefficient (Wildman–Crippen LogP) is 13.6. The van der Waals surface area contributed by atoms with Crippen LogP contribution in [0.3, 0.4) is 0 Å². The largest absolute Gasteiger partial charge is 0.309 e. The number of pyridine rings is 1. The summed E-state index contributed by atoms with van der Waals surface area (Å²) in [6.45, 7) is 1.69. The molecule has 0 spiro atoms. The molecule has 4 aromatic heterocycles. The van der Waals surface area contributed by atoms with Crippen molar-refractivity contribution in [2.24, 2.45) is 0 Å². The molecule has 0 atom stereocenters. The third-order valence-corrected chi connectivity index (χ3v) is 13.6. The van der Waals surface area contributed by atoms with Gasteiger partial charge in [0.15, 0.2) is 0 Å². The number of hydrogen-bond donors (Lipinski definition) is 0. The quantitative estimate of drug-likeness (QED) is 0.161. The molecule has 5 heteroatoms. The van der Waals surface area contributed by atoms with Gasteiger partial charge in [-0.25, -0.2) is 4.98 Å². The number of aromatic nitrogens is 4. The summed E-state index contributed by atoms with van der Waals surface area (Å²) in [6, 6.07) is 61.2. The van der Waals surface area contributed by atoms with Crippen molar-refractivity contribution in [2.45, 2.75) is 6.92 Å². The van der Waals surface area contributed by atoms with Crippen LogP contribution in [-0.4, -0.2) is 19.1 Å². The number of rotatable bonds is 5. The molecule has 0 aliphatic heterocycles. The van der Waals surface area contributed by atoms with E-state index in [1.54, 1.807) is 6.92 Å². The van der Waals surface area contributed by atoms with Crippen LogP contribution in [0.4, 0.5) is 0 Å². The third-order valence-electron chi connectivity index (χ3n) is 12.4. The van der Waals surface area contributed by atoms with E-state index in [0.29, 0.717) is 0 Å². The highest BCUT2D eigenvalue weighted by atomic mass is 32.1. The van der Waals surface area contributed by atoms with Crippen LogP contribution < -0.4 is 0 Å². The van der Waals surface area contributed by atoms with Gasteiger partial charge in [0.2, 0.25) is 0 Å². The molecule has 7 aromatic carbocycles. The Morgan fingerprint density at radius 3 is 1.29 bits per heavy atom. The molecule has 0 aliphatic rings. The van der Waals surface area contributed by atoms with E-state index in [2.05, 4.69) is 355 Å². The lowest BCUT2D eigenvalue weighted by Gasteiger charge is -2.13. The second-order valence-corrected chi connectivity index (χ2v) is 18.6. The molecule has 0 saturated carbocycles. The number of thiophene rings is 1. The molecule has 0 unspecified atom stereocenters. The zero-order valence-corrected chi connectivity index (χ0v) is 46.4. The Hall–Kier alpha value is -13.9. The van der Waals surface area contributed by atoms with Crippen LogP contribution in [0, 0.1) is 190 Å². The maximum Gasteiger partial charge on any atom is 0.145 e. The fraction of sp³-hybridized carbons (Fsp3) is 0.0123. The van der Waals surface area contributed by atoms with Gasteiger partial charge >= 0.3 is 0 Å².